The predicted molar refractivity (Wildman–Crippen MR) is 64.8 cm³/mol. The van der Waals surface area contributed by atoms with Crippen LogP contribution in [-0.2, 0) is 10.0 Å². The van der Waals surface area contributed by atoms with Crippen LogP contribution in [0.1, 0.15) is 32.6 Å². The summed E-state index contributed by atoms with van der Waals surface area (Å²) in [6.07, 6.45) is 4.06. The molecule has 2 fully saturated rings. The van der Waals surface area contributed by atoms with Crippen LogP contribution in [0.15, 0.2) is 0 Å². The molecule has 0 saturated carbocycles. The van der Waals surface area contributed by atoms with E-state index in [0.29, 0.717) is 11.7 Å². The van der Waals surface area contributed by atoms with E-state index in [-0.39, 0.29) is 6.04 Å². The van der Waals surface area contributed by atoms with Gasteiger partial charge < -0.3 is 5.32 Å². The van der Waals surface area contributed by atoms with Gasteiger partial charge in [0.2, 0.25) is 10.0 Å². The molecule has 5 heteroatoms. The minimum atomic E-state index is -2.96. The first-order valence-electron chi connectivity index (χ1n) is 6.31. The lowest BCUT2D eigenvalue weighted by Crippen LogP contribution is -2.48. The van der Waals surface area contributed by atoms with Crippen molar-refractivity contribution < 1.29 is 8.42 Å². The van der Waals surface area contributed by atoms with Gasteiger partial charge in [0.25, 0.3) is 0 Å². The molecule has 0 aromatic heterocycles. The summed E-state index contributed by atoms with van der Waals surface area (Å²) < 4.78 is 25.7. The Morgan fingerprint density at radius 2 is 1.94 bits per heavy atom. The Kier molecular flexibility index (Phi) is 3.87. The molecule has 0 aromatic rings. The minimum absolute atomic E-state index is 0.187. The molecule has 0 spiro atoms. The average molecular weight is 246 g/mol. The molecule has 2 aliphatic heterocycles. The second-order valence-corrected chi connectivity index (χ2v) is 7.00. The fourth-order valence-electron chi connectivity index (χ4n) is 2.83. The zero-order valence-corrected chi connectivity index (χ0v) is 10.8. The van der Waals surface area contributed by atoms with Crippen LogP contribution in [0.2, 0.25) is 0 Å². The molecule has 1 N–H and O–H groups in total. The van der Waals surface area contributed by atoms with Crippen molar-refractivity contribution in [3.8, 4) is 0 Å². The number of hydrogen-bond donors (Lipinski definition) is 1. The third-order valence-electron chi connectivity index (χ3n) is 3.91. The van der Waals surface area contributed by atoms with E-state index < -0.39 is 10.0 Å². The van der Waals surface area contributed by atoms with Gasteiger partial charge in [-0.25, -0.2) is 8.42 Å². The summed E-state index contributed by atoms with van der Waals surface area (Å²) >= 11 is 0. The maximum atomic E-state index is 12.0. The first-order chi connectivity index (χ1) is 7.61. The molecule has 4 nitrogen and oxygen atoms in total. The van der Waals surface area contributed by atoms with Gasteiger partial charge in [-0.2, -0.15) is 4.31 Å². The van der Waals surface area contributed by atoms with Gasteiger partial charge in [-0.15, -0.1) is 0 Å². The quantitative estimate of drug-likeness (QED) is 0.784. The molecule has 2 saturated heterocycles. The fraction of sp³-hybridized carbons (Fsp3) is 1.00. The normalized spacial score (nSPS) is 30.1. The molecule has 2 rings (SSSR count). The van der Waals surface area contributed by atoms with E-state index in [1.54, 1.807) is 4.31 Å². The van der Waals surface area contributed by atoms with E-state index in [1.807, 2.05) is 0 Å². The molecule has 0 aliphatic carbocycles. The van der Waals surface area contributed by atoms with Crippen molar-refractivity contribution in [1.82, 2.24) is 9.62 Å². The molecular weight excluding hydrogens is 224 g/mol. The van der Waals surface area contributed by atoms with Crippen LogP contribution >= 0.6 is 0 Å². The Labute approximate surface area is 98.4 Å². The van der Waals surface area contributed by atoms with E-state index >= 15 is 0 Å². The van der Waals surface area contributed by atoms with Gasteiger partial charge in [0.1, 0.15) is 0 Å². The Morgan fingerprint density at radius 1 is 1.25 bits per heavy atom. The maximum Gasteiger partial charge on any atom is 0.214 e. The summed E-state index contributed by atoms with van der Waals surface area (Å²) in [4.78, 5) is 0. The Morgan fingerprint density at radius 3 is 2.56 bits per heavy atom. The van der Waals surface area contributed by atoms with Gasteiger partial charge in [0.15, 0.2) is 0 Å². The summed E-state index contributed by atoms with van der Waals surface area (Å²) in [5.41, 5.74) is 0. The summed E-state index contributed by atoms with van der Waals surface area (Å²) in [6.45, 7) is 4.87. The van der Waals surface area contributed by atoms with Crippen molar-refractivity contribution in [3.63, 3.8) is 0 Å². The average Bonchev–Trinajstić information content (AvgIpc) is 2.29. The third kappa shape index (κ3) is 2.57. The van der Waals surface area contributed by atoms with Gasteiger partial charge >= 0.3 is 0 Å². The molecule has 0 amide bonds. The van der Waals surface area contributed by atoms with Crippen molar-refractivity contribution >= 4 is 10.0 Å². The van der Waals surface area contributed by atoms with Crippen LogP contribution in [-0.4, -0.2) is 44.2 Å². The highest BCUT2D eigenvalue weighted by Gasteiger charge is 2.34. The van der Waals surface area contributed by atoms with Crippen molar-refractivity contribution in [2.45, 2.75) is 38.6 Å². The van der Waals surface area contributed by atoms with Crippen molar-refractivity contribution in [1.29, 1.82) is 0 Å². The molecule has 1 unspecified atom stereocenters. The smallest absolute Gasteiger partial charge is 0.214 e. The SMILES string of the molecule is CC(C1CCNCC1)N1CCCCS1(=O)=O. The monoisotopic (exact) mass is 246 g/mol. The maximum absolute atomic E-state index is 12.0. The lowest BCUT2D eigenvalue weighted by Gasteiger charge is -2.37. The molecule has 2 aliphatic rings. The molecule has 0 aromatic carbocycles. The first kappa shape index (κ1) is 12.3. The van der Waals surface area contributed by atoms with Gasteiger partial charge in [-0.05, 0) is 51.6 Å². The number of nitrogens with zero attached hydrogens (tertiary/aromatic N) is 1. The molecule has 0 bridgehead atoms. The van der Waals surface area contributed by atoms with Gasteiger partial charge in [-0.1, -0.05) is 0 Å². The predicted octanol–water partition coefficient (Wildman–Crippen LogP) is 0.800. The molecule has 0 radical (unpaired) electrons. The standard InChI is InChI=1S/C11H22N2O2S/c1-10(11-4-6-12-7-5-11)13-8-2-3-9-16(13,14)15/h10-12H,2-9H2,1H3. The van der Waals surface area contributed by atoms with Gasteiger partial charge in [0.05, 0.1) is 5.75 Å². The summed E-state index contributed by atoms with van der Waals surface area (Å²) in [7, 11) is -2.96. The van der Waals surface area contributed by atoms with E-state index in [2.05, 4.69) is 12.2 Å². The molecule has 2 heterocycles. The number of nitrogens with one attached hydrogen (secondary N) is 1. The second-order valence-electron chi connectivity index (χ2n) is 4.96. The largest absolute Gasteiger partial charge is 0.317 e. The third-order valence-corrected chi connectivity index (χ3v) is 5.94. The van der Waals surface area contributed by atoms with Crippen molar-refractivity contribution in [3.05, 3.63) is 0 Å². The molecule has 1 atom stereocenters. The lowest BCUT2D eigenvalue weighted by atomic mass is 9.91. The van der Waals surface area contributed by atoms with E-state index in [1.165, 1.54) is 0 Å². The van der Waals surface area contributed by atoms with Gasteiger partial charge in [-0.3, -0.25) is 0 Å². The van der Waals surface area contributed by atoms with Crippen LogP contribution in [0.5, 0.6) is 0 Å². The van der Waals surface area contributed by atoms with Crippen LogP contribution in [0.4, 0.5) is 0 Å². The molecule has 16 heavy (non-hydrogen) atoms. The Balaban J connectivity index is 2.04. The summed E-state index contributed by atoms with van der Waals surface area (Å²) in [6, 6.07) is 0.187. The van der Waals surface area contributed by atoms with Crippen LogP contribution in [0, 0.1) is 5.92 Å². The van der Waals surface area contributed by atoms with Crippen LogP contribution in [0.3, 0.4) is 0 Å². The molecule has 94 valence electrons. The lowest BCUT2D eigenvalue weighted by molar-refractivity contribution is 0.205. The van der Waals surface area contributed by atoms with E-state index in [4.69, 9.17) is 0 Å². The Bertz CT molecular complexity index is 323. The molecular formula is C11H22N2O2S. The fourth-order valence-corrected chi connectivity index (χ4v) is 4.72. The minimum Gasteiger partial charge on any atom is -0.317 e. The number of piperidine rings is 1. The number of sulfonamides is 1. The highest BCUT2D eigenvalue weighted by molar-refractivity contribution is 7.89. The van der Waals surface area contributed by atoms with E-state index in [9.17, 15) is 8.42 Å². The highest BCUT2D eigenvalue weighted by Crippen LogP contribution is 2.26. The topological polar surface area (TPSA) is 49.4 Å². The first-order valence-corrected chi connectivity index (χ1v) is 7.92. The number of rotatable bonds is 2. The second kappa shape index (κ2) is 5.02. The summed E-state index contributed by atoms with van der Waals surface area (Å²) in [5, 5.41) is 3.33. The zero-order chi connectivity index (χ0) is 11.6. The van der Waals surface area contributed by atoms with Crippen LogP contribution < -0.4 is 5.32 Å². The van der Waals surface area contributed by atoms with Crippen LogP contribution in [0.25, 0.3) is 0 Å². The van der Waals surface area contributed by atoms with Gasteiger partial charge in [0, 0.05) is 12.6 Å². The van der Waals surface area contributed by atoms with Crippen molar-refractivity contribution in [2.75, 3.05) is 25.4 Å². The Hall–Kier alpha value is -0.130. The number of hydrogen-bond acceptors (Lipinski definition) is 3. The van der Waals surface area contributed by atoms with E-state index in [0.717, 1.165) is 45.3 Å². The highest BCUT2D eigenvalue weighted by atomic mass is 32.2. The van der Waals surface area contributed by atoms with Crippen molar-refractivity contribution in [2.24, 2.45) is 5.92 Å². The summed E-state index contributed by atoms with van der Waals surface area (Å²) in [5.74, 6) is 0.886. The zero-order valence-electron chi connectivity index (χ0n) is 9.98.